The summed E-state index contributed by atoms with van der Waals surface area (Å²) in [6, 6.07) is 0. The second-order valence-electron chi connectivity index (χ2n) is 18.4. The predicted molar refractivity (Wildman–Crippen MR) is 303 cm³/mol. The smallest absolute Gasteiger partial charge is 0.335 e. The van der Waals surface area contributed by atoms with E-state index in [-0.39, 0.29) is 25.9 Å². The Bertz CT molecular complexity index is 1810. The molecule has 0 aromatic carbocycles. The first-order chi connectivity index (χ1) is 36.6. The molecule has 1 saturated heterocycles. The first kappa shape index (κ1) is 67.9. The minimum atomic E-state index is -1.93. The largest absolute Gasteiger partial charge is 0.479 e. The molecule has 0 radical (unpaired) electrons. The molecule has 12 heteroatoms. The van der Waals surface area contributed by atoms with Gasteiger partial charge in [-0.1, -0.05) is 187 Å². The molecule has 0 saturated carbocycles. The Morgan fingerprint density at radius 1 is 0.440 bits per heavy atom. The lowest BCUT2D eigenvalue weighted by Gasteiger charge is -2.40. The topological polar surface area (TPSA) is 175 Å². The van der Waals surface area contributed by atoms with E-state index < -0.39 is 67.3 Å². The number of hydrogen-bond donors (Lipinski definition) is 3. The molecule has 0 aliphatic carbocycles. The van der Waals surface area contributed by atoms with E-state index in [0.717, 1.165) is 122 Å². The van der Waals surface area contributed by atoms with Gasteiger partial charge in [-0.2, -0.15) is 0 Å². The van der Waals surface area contributed by atoms with Crippen LogP contribution in [-0.2, 0) is 42.9 Å². The zero-order valence-corrected chi connectivity index (χ0v) is 46.0. The van der Waals surface area contributed by atoms with E-state index in [9.17, 15) is 34.5 Å². The van der Waals surface area contributed by atoms with Crippen LogP contribution in [-0.4, -0.2) is 89.2 Å². The average molecular weight is 1050 g/mol. The Balaban J connectivity index is 2.77. The van der Waals surface area contributed by atoms with E-state index in [2.05, 4.69) is 142 Å². The van der Waals surface area contributed by atoms with Crippen LogP contribution in [0.4, 0.5) is 0 Å². The normalized spacial score (nSPS) is 19.2. The Kier molecular flexibility index (Phi) is 45.0. The minimum absolute atomic E-state index is 0.0227. The zero-order chi connectivity index (χ0) is 54.7. The number of allylic oxidation sites excluding steroid dienone is 22. The van der Waals surface area contributed by atoms with Gasteiger partial charge in [-0.15, -0.1) is 0 Å². The standard InChI is InChI=1S/C63H96O12/c1-4-7-10-13-16-19-22-25-27-28-30-32-34-37-40-43-46-49-55(64)71-52-54(73-56(65)50-47-44-41-38-35-31-24-21-18-15-12-9-6-3)53-72-63-61(59(68)58(67)60(75-63)62(69)70)74-57(66)51-48-45-42-39-36-33-29-26-23-20-17-14-11-8-5-2/h7-12,16-21,25-27,29-32,35,41,44,54,58-61,63,67-68H,4-6,13-15,22-24,28,33-34,36-40,42-43,45-53H2,1-3H3,(H,69,70)/b10-7-,11-8-,12-9-,19-16-,20-17-,21-18-,27-25-,29-26-,32-30-,35-31-,44-41-. The summed E-state index contributed by atoms with van der Waals surface area (Å²) in [6.45, 7) is 5.53. The maximum absolute atomic E-state index is 13.1. The van der Waals surface area contributed by atoms with Crippen LogP contribution in [0.15, 0.2) is 134 Å². The fourth-order valence-corrected chi connectivity index (χ4v) is 7.50. The van der Waals surface area contributed by atoms with Gasteiger partial charge in [0.2, 0.25) is 0 Å². The van der Waals surface area contributed by atoms with Crippen molar-refractivity contribution < 1.29 is 58.2 Å². The molecule has 1 rings (SSSR count). The number of carboxylic acid groups (broad SMARTS) is 1. The summed E-state index contributed by atoms with van der Waals surface area (Å²) in [5, 5.41) is 31.4. The number of hydrogen-bond acceptors (Lipinski definition) is 11. The maximum atomic E-state index is 13.1. The van der Waals surface area contributed by atoms with Gasteiger partial charge in [0, 0.05) is 19.3 Å². The minimum Gasteiger partial charge on any atom is -0.479 e. The van der Waals surface area contributed by atoms with Crippen molar-refractivity contribution in [3.8, 4) is 0 Å². The summed E-state index contributed by atoms with van der Waals surface area (Å²) in [6.07, 6.45) is 57.3. The SMILES string of the molecule is CC/C=C\C/C=C\C/C=C\C/C=C\CCCCCCC(=O)OCC(COC1OC(C(=O)O)C(O)C(O)C1OC(=O)CCCCCCC/C=C\C/C=C\C/C=C\CC)OC(=O)CC/C=C\C/C=C\C/C=C\C/C=C\CC. The highest BCUT2D eigenvalue weighted by Gasteiger charge is 2.50. The third-order valence-electron chi connectivity index (χ3n) is 11.7. The zero-order valence-electron chi connectivity index (χ0n) is 46.0. The summed E-state index contributed by atoms with van der Waals surface area (Å²) in [4.78, 5) is 51.0. The Labute approximate surface area is 451 Å². The third kappa shape index (κ3) is 39.9. The first-order valence-corrected chi connectivity index (χ1v) is 28.2. The molecule has 0 aromatic rings. The van der Waals surface area contributed by atoms with E-state index in [1.54, 1.807) is 0 Å². The number of aliphatic hydroxyl groups is 2. The third-order valence-corrected chi connectivity index (χ3v) is 11.7. The van der Waals surface area contributed by atoms with Crippen molar-refractivity contribution >= 4 is 23.9 Å². The molecule has 1 fully saturated rings. The Morgan fingerprint density at radius 3 is 1.27 bits per heavy atom. The maximum Gasteiger partial charge on any atom is 0.335 e. The van der Waals surface area contributed by atoms with Crippen LogP contribution in [0.3, 0.4) is 0 Å². The summed E-state index contributed by atoms with van der Waals surface area (Å²) in [5.41, 5.74) is 0. The highest BCUT2D eigenvalue weighted by molar-refractivity contribution is 5.74. The van der Waals surface area contributed by atoms with Crippen molar-refractivity contribution in [2.24, 2.45) is 0 Å². The molecule has 6 atom stereocenters. The second kappa shape index (κ2) is 49.7. The van der Waals surface area contributed by atoms with E-state index in [4.69, 9.17) is 23.7 Å². The molecule has 3 N–H and O–H groups in total. The van der Waals surface area contributed by atoms with Gasteiger partial charge in [0.15, 0.2) is 24.6 Å². The highest BCUT2D eigenvalue weighted by atomic mass is 16.7. The molecule has 75 heavy (non-hydrogen) atoms. The molecule has 12 nitrogen and oxygen atoms in total. The lowest BCUT2D eigenvalue weighted by molar-refractivity contribution is -0.301. The Hall–Kier alpha value is -5.14. The molecule has 0 aromatic heterocycles. The molecule has 1 aliphatic rings. The number of carbonyl (C=O) groups excluding carboxylic acids is 3. The van der Waals surface area contributed by atoms with Gasteiger partial charge in [-0.25, -0.2) is 4.79 Å². The summed E-state index contributed by atoms with van der Waals surface area (Å²) in [5.74, 6) is -3.31. The van der Waals surface area contributed by atoms with Crippen LogP contribution in [0, 0.1) is 0 Å². The van der Waals surface area contributed by atoms with Gasteiger partial charge >= 0.3 is 23.9 Å². The molecule has 1 heterocycles. The fourth-order valence-electron chi connectivity index (χ4n) is 7.50. The number of rotatable bonds is 45. The number of aliphatic carboxylic acids is 1. The van der Waals surface area contributed by atoms with Gasteiger partial charge in [0.25, 0.3) is 0 Å². The molecular weight excluding hydrogens is 949 g/mol. The van der Waals surface area contributed by atoms with Gasteiger partial charge in [-0.05, 0) is 116 Å². The van der Waals surface area contributed by atoms with Crippen LogP contribution in [0.2, 0.25) is 0 Å². The number of ether oxygens (including phenoxy) is 5. The molecule has 1 aliphatic heterocycles. The molecule has 6 unspecified atom stereocenters. The number of carbonyl (C=O) groups is 4. The van der Waals surface area contributed by atoms with E-state index in [1.165, 1.54) is 0 Å². The molecule has 420 valence electrons. The van der Waals surface area contributed by atoms with Gasteiger partial charge in [-0.3, -0.25) is 14.4 Å². The molecular formula is C63H96O12. The van der Waals surface area contributed by atoms with Gasteiger partial charge in [0.05, 0.1) is 6.61 Å². The van der Waals surface area contributed by atoms with Crippen LogP contribution in [0.1, 0.15) is 188 Å². The van der Waals surface area contributed by atoms with Crippen molar-refractivity contribution in [3.05, 3.63) is 134 Å². The predicted octanol–water partition coefficient (Wildman–Crippen LogP) is 14.2. The van der Waals surface area contributed by atoms with Crippen molar-refractivity contribution in [3.63, 3.8) is 0 Å². The van der Waals surface area contributed by atoms with Crippen LogP contribution < -0.4 is 0 Å². The number of aliphatic hydroxyl groups excluding tert-OH is 2. The molecule has 0 bridgehead atoms. The lowest BCUT2D eigenvalue weighted by Crippen LogP contribution is -2.61. The monoisotopic (exact) mass is 1040 g/mol. The number of carboxylic acids is 1. The lowest BCUT2D eigenvalue weighted by atomic mass is 9.98. The Morgan fingerprint density at radius 2 is 0.827 bits per heavy atom. The quantitative estimate of drug-likeness (QED) is 0.0228. The van der Waals surface area contributed by atoms with Crippen LogP contribution >= 0.6 is 0 Å². The van der Waals surface area contributed by atoms with Crippen LogP contribution in [0.5, 0.6) is 0 Å². The van der Waals surface area contributed by atoms with E-state index >= 15 is 0 Å². The first-order valence-electron chi connectivity index (χ1n) is 28.2. The van der Waals surface area contributed by atoms with E-state index in [0.29, 0.717) is 25.7 Å². The summed E-state index contributed by atoms with van der Waals surface area (Å²) >= 11 is 0. The van der Waals surface area contributed by atoms with Gasteiger partial charge in [0.1, 0.15) is 18.8 Å². The van der Waals surface area contributed by atoms with Gasteiger partial charge < -0.3 is 39.0 Å². The summed E-state index contributed by atoms with van der Waals surface area (Å²) < 4.78 is 28.2. The van der Waals surface area contributed by atoms with Crippen molar-refractivity contribution in [1.29, 1.82) is 0 Å². The molecule has 0 spiro atoms. The van der Waals surface area contributed by atoms with E-state index in [1.807, 2.05) is 12.2 Å². The number of esters is 3. The van der Waals surface area contributed by atoms with Crippen molar-refractivity contribution in [2.45, 2.75) is 225 Å². The average Bonchev–Trinajstić information content (AvgIpc) is 3.39. The second-order valence-corrected chi connectivity index (χ2v) is 18.4. The highest BCUT2D eigenvalue weighted by Crippen LogP contribution is 2.26. The van der Waals surface area contributed by atoms with Crippen LogP contribution in [0.25, 0.3) is 0 Å². The molecule has 0 amide bonds. The van der Waals surface area contributed by atoms with Crippen molar-refractivity contribution in [2.75, 3.05) is 13.2 Å². The number of unbranched alkanes of at least 4 members (excludes halogenated alkanes) is 9. The summed E-state index contributed by atoms with van der Waals surface area (Å²) in [7, 11) is 0. The fraction of sp³-hybridized carbons (Fsp3) is 0.587. The van der Waals surface area contributed by atoms with Crippen molar-refractivity contribution in [1.82, 2.24) is 0 Å².